The minimum absolute atomic E-state index is 0.0215. The maximum atomic E-state index is 12.3. The van der Waals surface area contributed by atoms with E-state index in [1.165, 1.54) is 37.4 Å². The molecule has 11 heteroatoms. The number of nitrogens with zero attached hydrogens (tertiary/aromatic N) is 2. The first kappa shape index (κ1) is 21.7. The van der Waals surface area contributed by atoms with Crippen LogP contribution in [-0.2, 0) is 16.2 Å². The second kappa shape index (κ2) is 8.78. The molecule has 0 radical (unpaired) electrons. The first-order valence-corrected chi connectivity index (χ1v) is 9.54. The van der Waals surface area contributed by atoms with E-state index in [1.807, 2.05) is 0 Å². The molecule has 0 bridgehead atoms. The van der Waals surface area contributed by atoms with Gasteiger partial charge in [0.1, 0.15) is 12.2 Å². The number of hydrogen-bond acceptors (Lipinski definition) is 6. The number of non-ortho nitro benzene ring substituents is 1. The van der Waals surface area contributed by atoms with Crippen molar-refractivity contribution in [3.8, 4) is 5.75 Å². The number of thiocarbonyl (C=S) groups is 1. The fourth-order valence-corrected chi connectivity index (χ4v) is 3.37. The topological polar surface area (TPSA) is 102 Å². The Labute approximate surface area is 186 Å². The minimum atomic E-state index is -0.617. The molecule has 0 unspecified atom stereocenters. The van der Waals surface area contributed by atoms with Gasteiger partial charge in [0.15, 0.2) is 10.9 Å². The Balaban J connectivity index is 1.80. The molecule has 0 aromatic heterocycles. The molecular weight excluding hydrogens is 453 g/mol. The first-order chi connectivity index (χ1) is 14.2. The van der Waals surface area contributed by atoms with Crippen molar-refractivity contribution >= 4 is 64.1 Å². The summed E-state index contributed by atoms with van der Waals surface area (Å²) in [5, 5.41) is 13.5. The molecule has 30 heavy (non-hydrogen) atoms. The van der Waals surface area contributed by atoms with E-state index in [4.69, 9.17) is 40.2 Å². The number of rotatable bonds is 5. The van der Waals surface area contributed by atoms with Gasteiger partial charge in [-0.05, 0) is 53.7 Å². The van der Waals surface area contributed by atoms with E-state index >= 15 is 0 Å². The Morgan fingerprint density at radius 2 is 1.80 bits per heavy atom. The lowest BCUT2D eigenvalue weighted by Crippen LogP contribution is -2.52. The zero-order chi connectivity index (χ0) is 22.0. The van der Waals surface area contributed by atoms with Crippen molar-refractivity contribution in [2.75, 3.05) is 7.05 Å². The molecule has 0 saturated carbocycles. The molecule has 0 aliphatic carbocycles. The van der Waals surface area contributed by atoms with Crippen molar-refractivity contribution in [3.05, 3.63) is 73.3 Å². The number of halogens is 2. The quantitative estimate of drug-likeness (QED) is 0.237. The summed E-state index contributed by atoms with van der Waals surface area (Å²) in [5.74, 6) is -0.958. The van der Waals surface area contributed by atoms with E-state index in [1.54, 1.807) is 12.1 Å². The van der Waals surface area contributed by atoms with E-state index < -0.39 is 16.7 Å². The van der Waals surface area contributed by atoms with Gasteiger partial charge in [-0.25, -0.2) is 0 Å². The van der Waals surface area contributed by atoms with E-state index in [-0.39, 0.29) is 38.8 Å². The van der Waals surface area contributed by atoms with Crippen molar-refractivity contribution in [2.45, 2.75) is 6.61 Å². The summed E-state index contributed by atoms with van der Waals surface area (Å²) in [6.07, 6.45) is 1.35. The van der Waals surface area contributed by atoms with E-state index in [2.05, 4.69) is 5.32 Å². The molecule has 0 atom stereocenters. The minimum Gasteiger partial charge on any atom is -0.486 e. The average molecular weight is 466 g/mol. The van der Waals surface area contributed by atoms with Crippen molar-refractivity contribution in [1.82, 2.24) is 10.2 Å². The van der Waals surface area contributed by atoms with E-state index in [0.717, 1.165) is 4.90 Å². The van der Waals surface area contributed by atoms with E-state index in [9.17, 15) is 19.7 Å². The van der Waals surface area contributed by atoms with Crippen LogP contribution in [0.4, 0.5) is 5.69 Å². The van der Waals surface area contributed by atoms with Gasteiger partial charge in [0.2, 0.25) is 0 Å². The summed E-state index contributed by atoms with van der Waals surface area (Å²) in [6, 6.07) is 8.86. The second-order valence-corrected chi connectivity index (χ2v) is 7.41. The van der Waals surface area contributed by atoms with Gasteiger partial charge in [0.05, 0.1) is 15.0 Å². The highest BCUT2D eigenvalue weighted by atomic mass is 35.5. The zero-order valence-electron chi connectivity index (χ0n) is 15.3. The van der Waals surface area contributed by atoms with Crippen LogP contribution < -0.4 is 10.1 Å². The molecular formula is C19H13Cl2N3O5S. The van der Waals surface area contributed by atoms with Crippen molar-refractivity contribution in [2.24, 2.45) is 0 Å². The normalized spacial score (nSPS) is 15.4. The van der Waals surface area contributed by atoms with Gasteiger partial charge in [0, 0.05) is 19.2 Å². The lowest BCUT2D eigenvalue weighted by Gasteiger charge is -2.25. The van der Waals surface area contributed by atoms with Gasteiger partial charge in [0.25, 0.3) is 17.5 Å². The van der Waals surface area contributed by atoms with Gasteiger partial charge in [-0.3, -0.25) is 29.9 Å². The Morgan fingerprint density at radius 1 is 1.20 bits per heavy atom. The monoisotopic (exact) mass is 465 g/mol. The predicted octanol–water partition coefficient (Wildman–Crippen LogP) is 3.74. The highest BCUT2D eigenvalue weighted by molar-refractivity contribution is 7.80. The lowest BCUT2D eigenvalue weighted by molar-refractivity contribution is -0.384. The van der Waals surface area contributed by atoms with Crippen molar-refractivity contribution in [1.29, 1.82) is 0 Å². The summed E-state index contributed by atoms with van der Waals surface area (Å²) in [4.78, 5) is 35.7. The van der Waals surface area contributed by atoms with E-state index in [0.29, 0.717) is 11.1 Å². The molecule has 154 valence electrons. The Kier molecular flexibility index (Phi) is 6.35. The maximum Gasteiger partial charge on any atom is 0.269 e. The fraction of sp³-hybridized carbons (Fsp3) is 0.105. The Morgan fingerprint density at radius 3 is 2.37 bits per heavy atom. The van der Waals surface area contributed by atoms with Crippen LogP contribution >= 0.6 is 35.4 Å². The molecule has 1 saturated heterocycles. The Hall–Kier alpha value is -3.01. The standard InChI is InChI=1S/C19H13Cl2N3O5S/c1-23-18(26)13(17(25)22-19(23)30)6-11-7-14(20)16(15(21)8-11)29-9-10-2-4-12(5-3-10)24(27)28/h2-8H,9H2,1H3,(H,22,25,30)/b13-6+. The molecule has 0 spiro atoms. The van der Waals surface area contributed by atoms with Gasteiger partial charge >= 0.3 is 0 Å². The number of nitro benzene ring substituents is 1. The number of nitrogens with one attached hydrogen (secondary N) is 1. The molecule has 3 rings (SSSR count). The third kappa shape index (κ3) is 4.59. The van der Waals surface area contributed by atoms with Crippen LogP contribution in [0.25, 0.3) is 6.08 Å². The van der Waals surface area contributed by atoms with Gasteiger partial charge in [-0.1, -0.05) is 23.2 Å². The molecule has 2 aromatic rings. The van der Waals surface area contributed by atoms with Crippen molar-refractivity contribution in [3.63, 3.8) is 0 Å². The van der Waals surface area contributed by atoms with Gasteiger partial charge in [-0.15, -0.1) is 0 Å². The molecule has 1 N–H and O–H groups in total. The molecule has 2 amide bonds. The summed E-state index contributed by atoms with van der Waals surface area (Å²) in [6.45, 7) is 0.0843. The van der Waals surface area contributed by atoms with Gasteiger partial charge in [-0.2, -0.15) is 0 Å². The van der Waals surface area contributed by atoms with Crippen LogP contribution in [0.5, 0.6) is 5.75 Å². The smallest absolute Gasteiger partial charge is 0.269 e. The van der Waals surface area contributed by atoms with Gasteiger partial charge < -0.3 is 4.74 Å². The average Bonchev–Trinajstić information content (AvgIpc) is 2.69. The van der Waals surface area contributed by atoms with Crippen LogP contribution in [0.2, 0.25) is 10.0 Å². The van der Waals surface area contributed by atoms with Crippen LogP contribution in [0.3, 0.4) is 0 Å². The van der Waals surface area contributed by atoms with Crippen LogP contribution in [0.1, 0.15) is 11.1 Å². The zero-order valence-corrected chi connectivity index (χ0v) is 17.7. The summed E-state index contributed by atoms with van der Waals surface area (Å²) < 4.78 is 5.65. The largest absolute Gasteiger partial charge is 0.486 e. The third-order valence-corrected chi connectivity index (χ3v) is 5.10. The second-order valence-electron chi connectivity index (χ2n) is 6.21. The predicted molar refractivity (Wildman–Crippen MR) is 115 cm³/mol. The number of benzene rings is 2. The number of ether oxygens (including phenoxy) is 1. The summed E-state index contributed by atoms with van der Waals surface area (Å²) in [5.41, 5.74) is 0.965. The molecule has 1 heterocycles. The summed E-state index contributed by atoms with van der Waals surface area (Å²) in [7, 11) is 1.45. The SMILES string of the molecule is CN1C(=O)/C(=C/c2cc(Cl)c(OCc3ccc([N+](=O)[O-])cc3)c(Cl)c2)C(=O)NC1=S. The molecule has 2 aromatic carbocycles. The Bertz CT molecular complexity index is 1080. The number of carbonyl (C=O) groups excluding carboxylic acids is 2. The highest BCUT2D eigenvalue weighted by Gasteiger charge is 2.30. The number of amides is 2. The fourth-order valence-electron chi connectivity index (χ4n) is 2.58. The molecule has 8 nitrogen and oxygen atoms in total. The lowest BCUT2D eigenvalue weighted by atomic mass is 10.1. The van der Waals surface area contributed by atoms with Crippen molar-refractivity contribution < 1.29 is 19.2 Å². The highest BCUT2D eigenvalue weighted by Crippen LogP contribution is 2.35. The first-order valence-electron chi connectivity index (χ1n) is 8.37. The molecule has 1 fully saturated rings. The van der Waals surface area contributed by atoms with Crippen LogP contribution in [-0.4, -0.2) is 33.8 Å². The summed E-state index contributed by atoms with van der Waals surface area (Å²) >= 11 is 17.4. The maximum absolute atomic E-state index is 12.3. The van der Waals surface area contributed by atoms with Crippen LogP contribution in [0.15, 0.2) is 42.0 Å². The number of nitro groups is 1. The molecule has 1 aliphatic heterocycles. The number of carbonyl (C=O) groups is 2. The number of likely N-dealkylation sites (N-methyl/N-ethyl adjacent to an activating group) is 1. The number of hydrogen-bond donors (Lipinski definition) is 1. The molecule has 1 aliphatic rings. The third-order valence-electron chi connectivity index (χ3n) is 4.17. The van der Waals surface area contributed by atoms with Crippen LogP contribution in [0, 0.1) is 10.1 Å².